The van der Waals surface area contributed by atoms with E-state index in [9.17, 15) is 32.4 Å². The minimum atomic E-state index is -4.03. The highest BCUT2D eigenvalue weighted by molar-refractivity contribution is 7.90. The van der Waals surface area contributed by atoms with E-state index >= 15 is 0 Å². The SMILES string of the molecule is C=C1CCC(N2C(=O)c3cccc(NCCCCCCCCCC(=O)c4cccc(S(=O)(=O)Cc5cc6c(cc5Oc5cc(OCCC)cc(OCCCCN(C)C)c5)n(C)c(=O)n6C)c4)c3C2=O)C(=O)N1. The zero-order valence-electron chi connectivity index (χ0n) is 42.2. The van der Waals surface area contributed by atoms with Crippen LogP contribution in [0.4, 0.5) is 5.69 Å². The second kappa shape index (κ2) is 24.1. The van der Waals surface area contributed by atoms with E-state index in [1.165, 1.54) is 21.3 Å². The molecule has 3 amide bonds. The van der Waals surface area contributed by atoms with Crippen molar-refractivity contribution in [2.45, 2.75) is 107 Å². The Morgan fingerprint density at radius 3 is 2.17 bits per heavy atom. The van der Waals surface area contributed by atoms with E-state index in [2.05, 4.69) is 22.1 Å². The Balaban J connectivity index is 0.911. The van der Waals surface area contributed by atoms with Crippen LogP contribution in [0.1, 0.15) is 127 Å². The van der Waals surface area contributed by atoms with Gasteiger partial charge >= 0.3 is 5.69 Å². The number of unbranched alkanes of at least 4 members (excludes halogenated alkanes) is 7. The molecular formula is C55H68N6O10S. The topological polar surface area (TPSA) is 188 Å². The monoisotopic (exact) mass is 1000 g/mol. The summed E-state index contributed by atoms with van der Waals surface area (Å²) in [5.74, 6) is -0.178. The van der Waals surface area contributed by atoms with Crippen LogP contribution >= 0.6 is 0 Å². The number of aromatic nitrogens is 2. The zero-order valence-corrected chi connectivity index (χ0v) is 43.0. The van der Waals surface area contributed by atoms with E-state index < -0.39 is 39.4 Å². The number of Topliss-reactive ketones (excluding diaryl/α,β-unsaturated/α-hetero) is 1. The van der Waals surface area contributed by atoms with Gasteiger partial charge in [-0.25, -0.2) is 13.2 Å². The third-order valence-corrected chi connectivity index (χ3v) is 14.8. The van der Waals surface area contributed by atoms with Gasteiger partial charge in [-0.05, 0) is 95.9 Å². The number of allylic oxidation sites excluding steroid dienone is 1. The number of carbonyl (C=O) groups excluding carboxylic acids is 4. The molecule has 2 N–H and O–H groups in total. The van der Waals surface area contributed by atoms with Gasteiger partial charge in [-0.2, -0.15) is 0 Å². The lowest BCUT2D eigenvalue weighted by molar-refractivity contribution is -0.125. The second-order valence-electron chi connectivity index (χ2n) is 19.0. The van der Waals surface area contributed by atoms with Crippen LogP contribution in [0.25, 0.3) is 11.0 Å². The Morgan fingerprint density at radius 2 is 1.46 bits per heavy atom. The van der Waals surface area contributed by atoms with Crippen LogP contribution in [0.2, 0.25) is 0 Å². The molecule has 384 valence electrons. The van der Waals surface area contributed by atoms with E-state index in [0.717, 1.165) is 69.2 Å². The van der Waals surface area contributed by atoms with Crippen LogP contribution in [0.3, 0.4) is 0 Å². The number of carbonyl (C=O) groups is 4. The lowest BCUT2D eigenvalue weighted by Gasteiger charge is -2.29. The summed E-state index contributed by atoms with van der Waals surface area (Å²) in [5.41, 5.74) is 3.26. The third-order valence-electron chi connectivity index (χ3n) is 13.1. The predicted octanol–water partition coefficient (Wildman–Crippen LogP) is 8.96. The summed E-state index contributed by atoms with van der Waals surface area (Å²) in [6.45, 7) is 8.33. The molecule has 1 unspecified atom stereocenters. The molecule has 1 atom stereocenters. The Labute approximate surface area is 422 Å². The van der Waals surface area contributed by atoms with Gasteiger partial charge < -0.3 is 29.7 Å². The minimum Gasteiger partial charge on any atom is -0.493 e. The summed E-state index contributed by atoms with van der Waals surface area (Å²) in [6, 6.07) is 19.1. The number of fused-ring (bicyclic) bond motifs is 2. The number of aryl methyl sites for hydroxylation is 2. The molecule has 0 bridgehead atoms. The first-order chi connectivity index (χ1) is 34.6. The quantitative estimate of drug-likeness (QED) is 0.0289. The maximum atomic E-state index is 14.2. The van der Waals surface area contributed by atoms with Crippen LogP contribution in [-0.2, 0) is 34.5 Å². The average Bonchev–Trinajstić information content (AvgIpc) is 3.72. The van der Waals surface area contributed by atoms with Gasteiger partial charge in [0.15, 0.2) is 15.6 Å². The van der Waals surface area contributed by atoms with Crippen LogP contribution in [0.15, 0.2) is 94.8 Å². The predicted molar refractivity (Wildman–Crippen MR) is 278 cm³/mol. The van der Waals surface area contributed by atoms with Crippen molar-refractivity contribution < 1.29 is 41.8 Å². The minimum absolute atomic E-state index is 0.00913. The highest BCUT2D eigenvalue weighted by Gasteiger charge is 2.45. The van der Waals surface area contributed by atoms with Gasteiger partial charge in [0.05, 0.1) is 46.0 Å². The first-order valence-electron chi connectivity index (χ1n) is 25.1. The summed E-state index contributed by atoms with van der Waals surface area (Å²) < 4.78 is 50.0. The molecule has 2 aliphatic heterocycles. The van der Waals surface area contributed by atoms with E-state index in [1.54, 1.807) is 68.7 Å². The standard InChI is InChI=1S/C55H68N6O10S/c1-7-28-69-40-32-41(70-29-16-15-27-58(3)4)34-42(33-40)71-50-35-48-47(59(5)55(66)60(48)6)31-39(50)36-72(67,68)43-20-17-19-38(30-43)49(62)23-13-11-9-8-10-12-14-26-56-45-22-18-21-44-51(45)54(65)61(53(44)64)46-25-24-37(2)57-52(46)63/h17-22,30-35,46,56H,2,7-16,23-29,36H2,1,3-6H3,(H,57,63). The fourth-order valence-electron chi connectivity index (χ4n) is 9.17. The molecule has 3 heterocycles. The van der Waals surface area contributed by atoms with Crippen LogP contribution in [0, 0.1) is 0 Å². The smallest absolute Gasteiger partial charge is 0.328 e. The van der Waals surface area contributed by atoms with Crippen molar-refractivity contribution in [1.82, 2.24) is 24.3 Å². The van der Waals surface area contributed by atoms with E-state index in [1.807, 2.05) is 27.1 Å². The number of nitrogens with one attached hydrogen (secondary N) is 2. The van der Waals surface area contributed by atoms with Crippen molar-refractivity contribution in [3.63, 3.8) is 0 Å². The summed E-state index contributed by atoms with van der Waals surface area (Å²) >= 11 is 0. The third kappa shape index (κ3) is 12.8. The van der Waals surface area contributed by atoms with Crippen LogP contribution in [0.5, 0.6) is 23.0 Å². The average molecular weight is 1010 g/mol. The lowest BCUT2D eigenvalue weighted by atomic mass is 10.0. The van der Waals surface area contributed by atoms with Crippen molar-refractivity contribution >= 4 is 50.1 Å². The molecule has 4 aromatic carbocycles. The summed E-state index contributed by atoms with van der Waals surface area (Å²) in [7, 11) is 3.32. The maximum Gasteiger partial charge on any atom is 0.328 e. The number of nitrogens with zero attached hydrogens (tertiary/aromatic N) is 4. The van der Waals surface area contributed by atoms with Gasteiger partial charge in [-0.15, -0.1) is 0 Å². The molecule has 0 radical (unpaired) electrons. The molecule has 5 aromatic rings. The molecule has 1 fully saturated rings. The fraction of sp³-hybridized carbons (Fsp3) is 0.436. The molecule has 0 saturated carbocycles. The van der Waals surface area contributed by atoms with Crippen LogP contribution in [-0.4, -0.2) is 97.3 Å². The highest BCUT2D eigenvalue weighted by atomic mass is 32.2. The number of amides is 3. The van der Waals surface area contributed by atoms with Gasteiger partial charge in [-0.3, -0.25) is 33.2 Å². The number of piperidine rings is 1. The number of hydrogen-bond acceptors (Lipinski definition) is 12. The first-order valence-corrected chi connectivity index (χ1v) is 26.7. The van der Waals surface area contributed by atoms with Crippen molar-refractivity contribution in [3.8, 4) is 23.0 Å². The number of hydrogen-bond donors (Lipinski definition) is 2. The van der Waals surface area contributed by atoms with Crippen molar-refractivity contribution in [2.24, 2.45) is 14.1 Å². The molecule has 0 aliphatic carbocycles. The van der Waals surface area contributed by atoms with E-state index in [0.29, 0.717) is 101 Å². The van der Waals surface area contributed by atoms with Gasteiger partial charge in [0.25, 0.3) is 11.8 Å². The van der Waals surface area contributed by atoms with Gasteiger partial charge in [0.1, 0.15) is 29.0 Å². The van der Waals surface area contributed by atoms with E-state index in [-0.39, 0.29) is 28.5 Å². The molecule has 0 spiro atoms. The maximum absolute atomic E-state index is 14.2. The molecule has 72 heavy (non-hydrogen) atoms. The van der Waals surface area contributed by atoms with Gasteiger partial charge in [0.2, 0.25) is 5.91 Å². The van der Waals surface area contributed by atoms with Crippen LogP contribution < -0.4 is 30.5 Å². The number of rotatable bonds is 27. The lowest BCUT2D eigenvalue weighted by Crippen LogP contribution is -2.51. The number of sulfone groups is 1. The number of imide groups is 1. The number of ketones is 1. The van der Waals surface area contributed by atoms with Gasteiger partial charge in [0, 0.05) is 73.8 Å². The number of anilines is 1. The fourth-order valence-corrected chi connectivity index (χ4v) is 10.6. The molecule has 1 aromatic heterocycles. The summed E-state index contributed by atoms with van der Waals surface area (Å²) in [5, 5.41) is 5.99. The Kier molecular flexibility index (Phi) is 17.8. The number of ether oxygens (including phenoxy) is 3. The molecule has 17 heteroatoms. The molecular weight excluding hydrogens is 937 g/mol. The van der Waals surface area contributed by atoms with Crippen molar-refractivity contribution in [3.05, 3.63) is 118 Å². The summed E-state index contributed by atoms with van der Waals surface area (Å²) in [6.07, 6.45) is 9.99. The molecule has 2 aliphatic rings. The Bertz CT molecular complexity index is 2990. The Hall–Kier alpha value is -6.72. The Morgan fingerprint density at radius 1 is 0.792 bits per heavy atom. The largest absolute Gasteiger partial charge is 0.493 e. The molecule has 16 nitrogen and oxygen atoms in total. The number of imidazole rings is 1. The molecule has 1 saturated heterocycles. The molecule has 7 rings (SSSR count). The van der Waals surface area contributed by atoms with Gasteiger partial charge in [-0.1, -0.05) is 63.8 Å². The number of benzene rings is 4. The normalized spacial score (nSPS) is 14.8. The summed E-state index contributed by atoms with van der Waals surface area (Å²) in [4.78, 5) is 68.9. The first kappa shape index (κ1) is 53.1. The van der Waals surface area contributed by atoms with Crippen molar-refractivity contribution in [2.75, 3.05) is 45.7 Å². The van der Waals surface area contributed by atoms with Crippen molar-refractivity contribution in [1.29, 1.82) is 0 Å². The second-order valence-corrected chi connectivity index (χ2v) is 21.0. The zero-order chi connectivity index (χ0) is 51.5. The highest BCUT2D eigenvalue weighted by Crippen LogP contribution is 2.37. The van der Waals surface area contributed by atoms with E-state index in [4.69, 9.17) is 14.2 Å².